The molecule has 0 aliphatic rings. The predicted octanol–water partition coefficient (Wildman–Crippen LogP) is 3.75. The van der Waals surface area contributed by atoms with Crippen LogP contribution in [0, 0.1) is 0 Å². The summed E-state index contributed by atoms with van der Waals surface area (Å²) in [6.07, 6.45) is 3.01. The number of benzene rings is 2. The van der Waals surface area contributed by atoms with Gasteiger partial charge >= 0.3 is 0 Å². The fourth-order valence-corrected chi connectivity index (χ4v) is 2.48. The molecular weight excluding hydrogens is 364 g/mol. The van der Waals surface area contributed by atoms with E-state index in [9.17, 15) is 9.59 Å². The Balaban J connectivity index is 1.64. The van der Waals surface area contributed by atoms with Gasteiger partial charge in [-0.1, -0.05) is 41.9 Å². The van der Waals surface area contributed by atoms with E-state index in [2.05, 4.69) is 20.8 Å². The van der Waals surface area contributed by atoms with Gasteiger partial charge in [0.1, 0.15) is 5.69 Å². The molecule has 1 aromatic heterocycles. The predicted molar refractivity (Wildman–Crippen MR) is 105 cm³/mol. The number of pyridine rings is 1. The molecule has 0 atom stereocenters. The summed E-state index contributed by atoms with van der Waals surface area (Å²) in [5, 5.41) is 7.07. The first-order valence-electron chi connectivity index (χ1n) is 8.04. The molecule has 0 aliphatic heterocycles. The summed E-state index contributed by atoms with van der Waals surface area (Å²) in [6, 6.07) is 18.9. The average Bonchev–Trinajstić information content (AvgIpc) is 2.69. The largest absolute Gasteiger partial charge is 0.322 e. The van der Waals surface area contributed by atoms with Gasteiger partial charge in [0.2, 0.25) is 0 Å². The van der Waals surface area contributed by atoms with Gasteiger partial charge in [0.25, 0.3) is 11.8 Å². The molecule has 0 unspecified atom stereocenters. The molecule has 2 amide bonds. The number of carbonyl (C=O) groups is 2. The van der Waals surface area contributed by atoms with Gasteiger partial charge < -0.3 is 5.32 Å². The summed E-state index contributed by atoms with van der Waals surface area (Å²) in [6.45, 7) is 0. The first-order valence-corrected chi connectivity index (χ1v) is 8.41. The summed E-state index contributed by atoms with van der Waals surface area (Å²) < 4.78 is 0. The maximum absolute atomic E-state index is 12.3. The number of anilines is 1. The lowest BCUT2D eigenvalue weighted by Gasteiger charge is -2.07. The summed E-state index contributed by atoms with van der Waals surface area (Å²) in [4.78, 5) is 28.1. The number of rotatable bonds is 5. The third-order valence-electron chi connectivity index (χ3n) is 3.54. The molecule has 0 spiro atoms. The molecule has 2 N–H and O–H groups in total. The number of aromatic nitrogens is 1. The van der Waals surface area contributed by atoms with Crippen LogP contribution in [0.1, 0.15) is 26.4 Å². The smallest absolute Gasteiger partial charge is 0.289 e. The van der Waals surface area contributed by atoms with Crippen molar-refractivity contribution in [1.29, 1.82) is 0 Å². The number of halogens is 1. The number of hydrogen-bond acceptors (Lipinski definition) is 4. The van der Waals surface area contributed by atoms with E-state index in [-0.39, 0.29) is 11.6 Å². The second-order valence-corrected chi connectivity index (χ2v) is 5.88. The van der Waals surface area contributed by atoms with Gasteiger partial charge in [0.05, 0.1) is 16.8 Å². The quantitative estimate of drug-likeness (QED) is 0.524. The van der Waals surface area contributed by atoms with Crippen molar-refractivity contribution in [2.45, 2.75) is 0 Å². The van der Waals surface area contributed by atoms with Crippen molar-refractivity contribution in [2.24, 2.45) is 5.10 Å². The molecule has 1 heterocycles. The summed E-state index contributed by atoms with van der Waals surface area (Å²) in [5.41, 5.74) is 4.35. The van der Waals surface area contributed by atoms with Crippen LogP contribution in [0.3, 0.4) is 0 Å². The standard InChI is InChI=1S/C20H15ClN4O2/c21-17-9-2-1-8-16(17)19(26)24-15-7-5-6-14(12-15)13-23-25-20(27)18-10-3-4-11-22-18/h1-13H,(H,24,26)(H,25,27)/b23-13-. The minimum atomic E-state index is -0.407. The van der Waals surface area contributed by atoms with E-state index in [0.29, 0.717) is 21.8 Å². The van der Waals surface area contributed by atoms with Gasteiger partial charge in [-0.2, -0.15) is 5.10 Å². The monoisotopic (exact) mass is 378 g/mol. The Morgan fingerprint density at radius 1 is 0.963 bits per heavy atom. The molecular formula is C20H15ClN4O2. The highest BCUT2D eigenvalue weighted by atomic mass is 35.5. The normalized spacial score (nSPS) is 10.6. The van der Waals surface area contributed by atoms with E-state index < -0.39 is 5.91 Å². The Kier molecular flexibility index (Phi) is 5.91. The number of nitrogens with zero attached hydrogens (tertiary/aromatic N) is 2. The molecule has 0 bridgehead atoms. The van der Waals surface area contributed by atoms with Crippen molar-refractivity contribution >= 4 is 35.3 Å². The van der Waals surface area contributed by atoms with Gasteiger partial charge in [0, 0.05) is 11.9 Å². The molecule has 0 saturated heterocycles. The number of amides is 2. The number of hydrogen-bond donors (Lipinski definition) is 2. The van der Waals surface area contributed by atoms with E-state index in [1.807, 2.05) is 0 Å². The maximum Gasteiger partial charge on any atom is 0.289 e. The van der Waals surface area contributed by atoms with Crippen LogP contribution >= 0.6 is 11.6 Å². The molecule has 2 aromatic carbocycles. The highest BCUT2D eigenvalue weighted by Crippen LogP contribution is 2.17. The molecule has 0 aliphatic carbocycles. The first-order chi connectivity index (χ1) is 13.1. The van der Waals surface area contributed by atoms with E-state index in [4.69, 9.17) is 11.6 Å². The second-order valence-electron chi connectivity index (χ2n) is 5.47. The third-order valence-corrected chi connectivity index (χ3v) is 3.87. The van der Waals surface area contributed by atoms with Crippen molar-refractivity contribution in [1.82, 2.24) is 10.4 Å². The molecule has 0 saturated carbocycles. The van der Waals surface area contributed by atoms with Crippen molar-refractivity contribution in [3.63, 3.8) is 0 Å². The Hall–Kier alpha value is -3.51. The Labute approximate surface area is 160 Å². The van der Waals surface area contributed by atoms with Crippen molar-refractivity contribution in [2.75, 3.05) is 5.32 Å². The fourth-order valence-electron chi connectivity index (χ4n) is 2.26. The zero-order valence-corrected chi connectivity index (χ0v) is 14.9. The lowest BCUT2D eigenvalue weighted by atomic mass is 10.2. The average molecular weight is 379 g/mol. The molecule has 27 heavy (non-hydrogen) atoms. The maximum atomic E-state index is 12.3. The van der Waals surface area contributed by atoms with E-state index in [1.54, 1.807) is 66.7 Å². The third kappa shape index (κ3) is 4.99. The zero-order chi connectivity index (χ0) is 19.1. The summed E-state index contributed by atoms with van der Waals surface area (Å²) in [5.74, 6) is -0.715. The van der Waals surface area contributed by atoms with E-state index >= 15 is 0 Å². The van der Waals surface area contributed by atoms with Gasteiger partial charge in [-0.25, -0.2) is 5.43 Å². The Bertz CT molecular complexity index is 990. The first kappa shape index (κ1) is 18.3. The number of nitrogens with one attached hydrogen (secondary N) is 2. The number of hydrazone groups is 1. The van der Waals surface area contributed by atoms with Crippen molar-refractivity contribution < 1.29 is 9.59 Å². The van der Waals surface area contributed by atoms with Crippen LogP contribution in [-0.2, 0) is 0 Å². The highest BCUT2D eigenvalue weighted by molar-refractivity contribution is 6.34. The van der Waals surface area contributed by atoms with Gasteiger partial charge in [-0.05, 0) is 42.0 Å². The molecule has 0 radical (unpaired) electrons. The van der Waals surface area contributed by atoms with Crippen LogP contribution in [0.15, 0.2) is 78.0 Å². The zero-order valence-electron chi connectivity index (χ0n) is 14.1. The molecule has 7 heteroatoms. The molecule has 0 fully saturated rings. The van der Waals surface area contributed by atoms with E-state index in [1.165, 1.54) is 12.4 Å². The van der Waals surface area contributed by atoms with Crippen LogP contribution in [0.25, 0.3) is 0 Å². The van der Waals surface area contributed by atoms with Gasteiger partial charge in [-0.3, -0.25) is 14.6 Å². The van der Waals surface area contributed by atoms with Gasteiger partial charge in [0.15, 0.2) is 0 Å². The van der Waals surface area contributed by atoms with Crippen LogP contribution < -0.4 is 10.7 Å². The van der Waals surface area contributed by atoms with E-state index in [0.717, 1.165) is 0 Å². The second kappa shape index (κ2) is 8.73. The molecule has 134 valence electrons. The van der Waals surface area contributed by atoms with Crippen LogP contribution in [0.4, 0.5) is 5.69 Å². The Morgan fingerprint density at radius 3 is 2.56 bits per heavy atom. The van der Waals surface area contributed by atoms with Crippen LogP contribution in [-0.4, -0.2) is 23.0 Å². The van der Waals surface area contributed by atoms with Crippen molar-refractivity contribution in [3.8, 4) is 0 Å². The SMILES string of the molecule is O=C(N/N=C\c1cccc(NC(=O)c2ccccc2Cl)c1)c1ccccn1. The lowest BCUT2D eigenvalue weighted by Crippen LogP contribution is -2.18. The molecule has 3 rings (SSSR count). The lowest BCUT2D eigenvalue weighted by molar-refractivity contribution is 0.0949. The minimum absolute atomic E-state index is 0.274. The molecule has 6 nitrogen and oxygen atoms in total. The van der Waals surface area contributed by atoms with Crippen molar-refractivity contribution in [3.05, 3.63) is 94.8 Å². The fraction of sp³-hybridized carbons (Fsp3) is 0. The minimum Gasteiger partial charge on any atom is -0.322 e. The Morgan fingerprint density at radius 2 is 1.78 bits per heavy atom. The highest BCUT2D eigenvalue weighted by Gasteiger charge is 2.09. The topological polar surface area (TPSA) is 83.5 Å². The van der Waals surface area contributed by atoms with Crippen LogP contribution in [0.5, 0.6) is 0 Å². The van der Waals surface area contributed by atoms with Gasteiger partial charge in [-0.15, -0.1) is 0 Å². The molecule has 3 aromatic rings. The van der Waals surface area contributed by atoms with Crippen LogP contribution in [0.2, 0.25) is 5.02 Å². The number of carbonyl (C=O) groups excluding carboxylic acids is 2. The summed E-state index contributed by atoms with van der Waals surface area (Å²) >= 11 is 6.04. The summed E-state index contributed by atoms with van der Waals surface area (Å²) in [7, 11) is 0.